The Morgan fingerprint density at radius 1 is 1.25 bits per heavy atom. The average Bonchev–Trinajstić information content (AvgIpc) is 2.82. The van der Waals surface area contributed by atoms with E-state index in [0.29, 0.717) is 11.5 Å². The lowest BCUT2D eigenvalue weighted by molar-refractivity contribution is -0.136. The van der Waals surface area contributed by atoms with E-state index in [4.69, 9.17) is 5.11 Å². The normalized spacial score (nSPS) is 10.8. The molecule has 0 radical (unpaired) electrons. The van der Waals surface area contributed by atoms with Gasteiger partial charge in [-0.1, -0.05) is 15.9 Å². The molecular formula is C13H9BrN4O2. The molecule has 0 unspecified atom stereocenters. The Morgan fingerprint density at radius 3 is 2.80 bits per heavy atom. The van der Waals surface area contributed by atoms with Gasteiger partial charge in [-0.25, -0.2) is 9.97 Å². The first kappa shape index (κ1) is 12.7. The summed E-state index contributed by atoms with van der Waals surface area (Å²) in [7, 11) is 0. The van der Waals surface area contributed by atoms with Crippen molar-refractivity contribution in [3.05, 3.63) is 47.1 Å². The van der Waals surface area contributed by atoms with Gasteiger partial charge < -0.3 is 5.11 Å². The molecule has 100 valence electrons. The Labute approximate surface area is 122 Å². The van der Waals surface area contributed by atoms with Crippen molar-refractivity contribution < 1.29 is 9.90 Å². The number of hydrogen-bond donors (Lipinski definition) is 1. The van der Waals surface area contributed by atoms with Crippen LogP contribution in [-0.4, -0.2) is 30.6 Å². The molecular weight excluding hydrogens is 324 g/mol. The maximum absolute atomic E-state index is 10.6. The van der Waals surface area contributed by atoms with Gasteiger partial charge in [0.2, 0.25) is 0 Å². The zero-order valence-corrected chi connectivity index (χ0v) is 11.8. The van der Waals surface area contributed by atoms with E-state index in [1.807, 2.05) is 18.2 Å². The minimum Gasteiger partial charge on any atom is -0.481 e. The number of aliphatic carboxylic acids is 1. The molecule has 1 aromatic carbocycles. The summed E-state index contributed by atoms with van der Waals surface area (Å²) in [5.74, 6) is -0.325. The van der Waals surface area contributed by atoms with Gasteiger partial charge in [0.05, 0.1) is 35.5 Å². The maximum atomic E-state index is 10.6. The molecule has 3 rings (SSSR count). The second-order valence-corrected chi connectivity index (χ2v) is 5.10. The van der Waals surface area contributed by atoms with Gasteiger partial charge in [0.25, 0.3) is 0 Å². The van der Waals surface area contributed by atoms with Crippen LogP contribution < -0.4 is 0 Å². The summed E-state index contributed by atoms with van der Waals surface area (Å²) in [5, 5.41) is 8.70. The SMILES string of the molecule is O=C(O)Cc1cnc(-n2cnc3cc(Br)ccc32)cn1. The highest BCUT2D eigenvalue weighted by atomic mass is 79.9. The van der Waals surface area contributed by atoms with Crippen molar-refractivity contribution in [2.45, 2.75) is 6.42 Å². The molecule has 0 bridgehead atoms. The molecule has 2 aromatic heterocycles. The molecule has 20 heavy (non-hydrogen) atoms. The van der Waals surface area contributed by atoms with Gasteiger partial charge in [-0.3, -0.25) is 14.3 Å². The highest BCUT2D eigenvalue weighted by Crippen LogP contribution is 2.20. The zero-order chi connectivity index (χ0) is 14.1. The van der Waals surface area contributed by atoms with E-state index in [-0.39, 0.29) is 6.42 Å². The number of nitrogens with zero attached hydrogens (tertiary/aromatic N) is 4. The van der Waals surface area contributed by atoms with Gasteiger partial charge in [-0.05, 0) is 18.2 Å². The van der Waals surface area contributed by atoms with E-state index in [2.05, 4.69) is 30.9 Å². The molecule has 0 spiro atoms. The molecule has 0 saturated heterocycles. The average molecular weight is 333 g/mol. The van der Waals surface area contributed by atoms with Gasteiger partial charge in [0.15, 0.2) is 5.82 Å². The van der Waals surface area contributed by atoms with Crippen LogP contribution in [0.5, 0.6) is 0 Å². The summed E-state index contributed by atoms with van der Waals surface area (Å²) in [6.07, 6.45) is 4.54. The first-order valence-electron chi connectivity index (χ1n) is 5.79. The van der Waals surface area contributed by atoms with Gasteiger partial charge >= 0.3 is 5.97 Å². The van der Waals surface area contributed by atoms with Crippen LogP contribution in [0.15, 0.2) is 41.4 Å². The van der Waals surface area contributed by atoms with Gasteiger partial charge in [0.1, 0.15) is 6.33 Å². The molecule has 3 aromatic rings. The lowest BCUT2D eigenvalue weighted by Gasteiger charge is -2.03. The maximum Gasteiger partial charge on any atom is 0.309 e. The van der Waals surface area contributed by atoms with E-state index >= 15 is 0 Å². The molecule has 6 nitrogen and oxygen atoms in total. The number of imidazole rings is 1. The van der Waals surface area contributed by atoms with Crippen LogP contribution in [0.2, 0.25) is 0 Å². The Bertz CT molecular complexity index is 783. The predicted octanol–water partition coefficient (Wildman–Crippen LogP) is 2.21. The van der Waals surface area contributed by atoms with Crippen molar-refractivity contribution in [3.8, 4) is 5.82 Å². The van der Waals surface area contributed by atoms with Crippen molar-refractivity contribution in [1.82, 2.24) is 19.5 Å². The highest BCUT2D eigenvalue weighted by Gasteiger charge is 2.08. The quantitative estimate of drug-likeness (QED) is 0.795. The summed E-state index contributed by atoms with van der Waals surface area (Å²) in [6, 6.07) is 5.77. The molecule has 0 amide bonds. The molecule has 0 atom stereocenters. The number of carboxylic acids is 1. The molecule has 0 aliphatic rings. The minimum atomic E-state index is -0.926. The van der Waals surface area contributed by atoms with Gasteiger partial charge in [-0.15, -0.1) is 0 Å². The number of benzene rings is 1. The first-order valence-corrected chi connectivity index (χ1v) is 6.58. The van der Waals surface area contributed by atoms with E-state index in [9.17, 15) is 4.79 Å². The van der Waals surface area contributed by atoms with Crippen molar-refractivity contribution >= 4 is 32.9 Å². The highest BCUT2D eigenvalue weighted by molar-refractivity contribution is 9.10. The standard InChI is InChI=1S/C13H9BrN4O2/c14-8-1-2-11-10(3-8)17-7-18(11)12-6-15-9(5-16-12)4-13(19)20/h1-3,5-7H,4H2,(H,19,20). The van der Waals surface area contributed by atoms with Crippen LogP contribution in [0.4, 0.5) is 0 Å². The van der Waals surface area contributed by atoms with Crippen molar-refractivity contribution in [1.29, 1.82) is 0 Å². The van der Waals surface area contributed by atoms with Crippen LogP contribution in [-0.2, 0) is 11.2 Å². The number of carboxylic acid groups (broad SMARTS) is 1. The van der Waals surface area contributed by atoms with Crippen LogP contribution in [0.25, 0.3) is 16.9 Å². The van der Waals surface area contributed by atoms with Crippen LogP contribution in [0, 0.1) is 0 Å². The molecule has 0 aliphatic carbocycles. The molecule has 2 heterocycles. The van der Waals surface area contributed by atoms with Crippen molar-refractivity contribution in [2.24, 2.45) is 0 Å². The van der Waals surface area contributed by atoms with Gasteiger partial charge in [-0.2, -0.15) is 0 Å². The number of hydrogen-bond acceptors (Lipinski definition) is 4. The first-order chi connectivity index (χ1) is 9.63. The molecule has 0 aliphatic heterocycles. The third-order valence-corrected chi connectivity index (χ3v) is 3.27. The van der Waals surface area contributed by atoms with Crippen molar-refractivity contribution in [2.75, 3.05) is 0 Å². The smallest absolute Gasteiger partial charge is 0.309 e. The summed E-state index contributed by atoms with van der Waals surface area (Å²) < 4.78 is 2.76. The Kier molecular flexibility index (Phi) is 3.19. The number of aromatic nitrogens is 4. The number of fused-ring (bicyclic) bond motifs is 1. The number of halogens is 1. The van der Waals surface area contributed by atoms with Crippen molar-refractivity contribution in [3.63, 3.8) is 0 Å². The second kappa shape index (κ2) is 5.01. The lowest BCUT2D eigenvalue weighted by Crippen LogP contribution is -2.04. The predicted molar refractivity (Wildman–Crippen MR) is 75.7 cm³/mol. The van der Waals surface area contributed by atoms with E-state index in [0.717, 1.165) is 15.5 Å². The Balaban J connectivity index is 2.00. The minimum absolute atomic E-state index is 0.134. The zero-order valence-electron chi connectivity index (χ0n) is 10.2. The van der Waals surface area contributed by atoms with Crippen LogP contribution >= 0.6 is 15.9 Å². The fourth-order valence-corrected chi connectivity index (χ4v) is 2.24. The number of carbonyl (C=O) groups is 1. The molecule has 0 saturated carbocycles. The molecule has 0 fully saturated rings. The van der Waals surface area contributed by atoms with E-state index < -0.39 is 5.97 Å². The largest absolute Gasteiger partial charge is 0.481 e. The lowest BCUT2D eigenvalue weighted by atomic mass is 10.3. The molecule has 7 heteroatoms. The van der Waals surface area contributed by atoms with Crippen LogP contribution in [0.3, 0.4) is 0 Å². The molecule has 1 N–H and O–H groups in total. The van der Waals surface area contributed by atoms with E-state index in [1.165, 1.54) is 6.20 Å². The summed E-state index contributed by atoms with van der Waals surface area (Å²) in [6.45, 7) is 0. The summed E-state index contributed by atoms with van der Waals surface area (Å²) in [5.41, 5.74) is 2.18. The Hall–Kier alpha value is -2.28. The van der Waals surface area contributed by atoms with Crippen LogP contribution in [0.1, 0.15) is 5.69 Å². The third-order valence-electron chi connectivity index (χ3n) is 2.78. The fraction of sp³-hybridized carbons (Fsp3) is 0.0769. The summed E-state index contributed by atoms with van der Waals surface area (Å²) >= 11 is 3.40. The summed E-state index contributed by atoms with van der Waals surface area (Å²) in [4.78, 5) is 23.2. The fourth-order valence-electron chi connectivity index (χ4n) is 1.89. The Morgan fingerprint density at radius 2 is 2.10 bits per heavy atom. The second-order valence-electron chi connectivity index (χ2n) is 4.18. The third kappa shape index (κ3) is 2.39. The number of rotatable bonds is 3. The topological polar surface area (TPSA) is 80.9 Å². The monoisotopic (exact) mass is 332 g/mol. The van der Waals surface area contributed by atoms with Gasteiger partial charge in [0, 0.05) is 4.47 Å². The van der Waals surface area contributed by atoms with E-state index in [1.54, 1.807) is 17.1 Å².